The second-order valence-corrected chi connectivity index (χ2v) is 8.78. The minimum absolute atomic E-state index is 0.0208. The molecule has 0 bridgehead atoms. The van der Waals surface area contributed by atoms with Gasteiger partial charge in [0.1, 0.15) is 5.75 Å². The highest BCUT2D eigenvalue weighted by Gasteiger charge is 2.42. The fraction of sp³-hybridized carbons (Fsp3) is 0.417. The Morgan fingerprint density at radius 2 is 1.72 bits per heavy atom. The summed E-state index contributed by atoms with van der Waals surface area (Å²) in [5, 5.41) is 9.86. The van der Waals surface area contributed by atoms with Crippen molar-refractivity contribution in [1.82, 2.24) is 10.4 Å². The number of carbonyl (C=O) groups is 2. The molecule has 32 heavy (non-hydrogen) atoms. The number of anilines is 1. The molecule has 2 aliphatic rings. The van der Waals surface area contributed by atoms with Gasteiger partial charge >= 0.3 is 0 Å². The third-order valence-corrected chi connectivity index (χ3v) is 6.61. The standard InChI is InChI=1S/C24H28ClN3O4/c25-17-5-4-8-19(15-17)32-20-9-10-21(22(16-20)23(29)26-31)24(30)28-13-11-27(12-14-28)18-6-2-1-3-7-18/h1-8,15,20-22,31H,9-14,16H2,(H,26,29). The number of ether oxygens (including phenoxy) is 1. The lowest BCUT2D eigenvalue weighted by Gasteiger charge is -2.40. The van der Waals surface area contributed by atoms with E-state index < -0.39 is 17.7 Å². The zero-order chi connectivity index (χ0) is 22.5. The molecule has 8 heteroatoms. The van der Waals surface area contributed by atoms with E-state index in [-0.39, 0.29) is 12.0 Å². The summed E-state index contributed by atoms with van der Waals surface area (Å²) in [6.45, 7) is 2.72. The van der Waals surface area contributed by atoms with Crippen LogP contribution in [0, 0.1) is 11.8 Å². The summed E-state index contributed by atoms with van der Waals surface area (Å²) in [7, 11) is 0. The Hall–Kier alpha value is -2.77. The van der Waals surface area contributed by atoms with Crippen LogP contribution in [0.15, 0.2) is 54.6 Å². The van der Waals surface area contributed by atoms with Crippen LogP contribution in [-0.2, 0) is 9.59 Å². The van der Waals surface area contributed by atoms with E-state index in [9.17, 15) is 14.8 Å². The van der Waals surface area contributed by atoms with E-state index in [1.165, 1.54) is 0 Å². The van der Waals surface area contributed by atoms with Crippen molar-refractivity contribution in [2.24, 2.45) is 11.8 Å². The number of hydrogen-bond donors (Lipinski definition) is 2. The predicted octanol–water partition coefficient (Wildman–Crippen LogP) is 3.36. The lowest BCUT2D eigenvalue weighted by atomic mass is 9.76. The number of carbonyl (C=O) groups excluding carboxylic acids is 2. The monoisotopic (exact) mass is 457 g/mol. The Labute approximate surface area is 192 Å². The van der Waals surface area contributed by atoms with E-state index in [1.54, 1.807) is 23.7 Å². The SMILES string of the molecule is O=C(NO)C1CC(Oc2cccc(Cl)c2)CCC1C(=O)N1CCN(c2ccccc2)CC1. The van der Waals surface area contributed by atoms with Crippen LogP contribution in [0.2, 0.25) is 5.02 Å². The Kier molecular flexibility index (Phi) is 7.17. The number of halogens is 1. The Morgan fingerprint density at radius 1 is 0.969 bits per heavy atom. The third-order valence-electron chi connectivity index (χ3n) is 6.38. The van der Waals surface area contributed by atoms with Crippen LogP contribution in [0.4, 0.5) is 5.69 Å². The Morgan fingerprint density at radius 3 is 2.41 bits per heavy atom. The van der Waals surface area contributed by atoms with E-state index in [1.807, 2.05) is 29.2 Å². The maximum atomic E-state index is 13.3. The Balaban J connectivity index is 1.39. The van der Waals surface area contributed by atoms with Gasteiger partial charge in [-0.15, -0.1) is 0 Å². The van der Waals surface area contributed by atoms with Crippen molar-refractivity contribution in [2.45, 2.75) is 25.4 Å². The molecule has 3 atom stereocenters. The zero-order valence-electron chi connectivity index (χ0n) is 17.8. The van der Waals surface area contributed by atoms with Gasteiger partial charge < -0.3 is 14.5 Å². The summed E-state index contributed by atoms with van der Waals surface area (Å²) in [6.07, 6.45) is 1.32. The normalized spacial score (nSPS) is 23.5. The Bertz CT molecular complexity index is 934. The molecular weight excluding hydrogens is 430 g/mol. The van der Waals surface area contributed by atoms with Crippen molar-refractivity contribution in [3.8, 4) is 5.75 Å². The molecule has 2 aromatic carbocycles. The molecule has 7 nitrogen and oxygen atoms in total. The van der Waals surface area contributed by atoms with E-state index in [0.717, 1.165) is 18.8 Å². The molecule has 170 valence electrons. The largest absolute Gasteiger partial charge is 0.490 e. The molecule has 1 heterocycles. The summed E-state index contributed by atoms with van der Waals surface area (Å²) >= 11 is 6.03. The molecule has 1 saturated carbocycles. The van der Waals surface area contributed by atoms with Gasteiger partial charge in [-0.1, -0.05) is 35.9 Å². The van der Waals surface area contributed by atoms with Gasteiger partial charge in [-0.25, -0.2) is 5.48 Å². The molecule has 0 aromatic heterocycles. The number of hydroxylamine groups is 1. The highest BCUT2D eigenvalue weighted by Crippen LogP contribution is 2.35. The minimum atomic E-state index is -0.641. The highest BCUT2D eigenvalue weighted by atomic mass is 35.5. The average molecular weight is 458 g/mol. The number of rotatable bonds is 5. The first kappa shape index (κ1) is 22.4. The van der Waals surface area contributed by atoms with Crippen LogP contribution < -0.4 is 15.1 Å². The van der Waals surface area contributed by atoms with Crippen LogP contribution >= 0.6 is 11.6 Å². The van der Waals surface area contributed by atoms with Crippen molar-refractivity contribution >= 4 is 29.1 Å². The maximum absolute atomic E-state index is 13.3. The van der Waals surface area contributed by atoms with E-state index in [2.05, 4.69) is 17.0 Å². The van der Waals surface area contributed by atoms with E-state index >= 15 is 0 Å². The lowest BCUT2D eigenvalue weighted by Crippen LogP contribution is -2.53. The van der Waals surface area contributed by atoms with E-state index in [4.69, 9.17) is 16.3 Å². The highest BCUT2D eigenvalue weighted by molar-refractivity contribution is 6.30. The second-order valence-electron chi connectivity index (χ2n) is 8.35. The van der Waals surface area contributed by atoms with Gasteiger partial charge in [0.15, 0.2) is 0 Å². The zero-order valence-corrected chi connectivity index (χ0v) is 18.6. The van der Waals surface area contributed by atoms with Crippen molar-refractivity contribution in [1.29, 1.82) is 0 Å². The van der Waals surface area contributed by atoms with Crippen LogP contribution in [0.3, 0.4) is 0 Å². The lowest BCUT2D eigenvalue weighted by molar-refractivity contribution is -0.148. The smallest absolute Gasteiger partial charge is 0.247 e. The molecule has 1 saturated heterocycles. The number of hydrogen-bond acceptors (Lipinski definition) is 5. The molecule has 1 aliphatic carbocycles. The van der Waals surface area contributed by atoms with Gasteiger partial charge in [0.2, 0.25) is 11.8 Å². The average Bonchev–Trinajstić information content (AvgIpc) is 2.84. The molecule has 1 aliphatic heterocycles. The number of piperazine rings is 1. The van der Waals surface area contributed by atoms with Crippen molar-refractivity contribution in [3.63, 3.8) is 0 Å². The summed E-state index contributed by atoms with van der Waals surface area (Å²) in [4.78, 5) is 29.9. The summed E-state index contributed by atoms with van der Waals surface area (Å²) in [5.74, 6) is -1.03. The van der Waals surface area contributed by atoms with Gasteiger partial charge in [0.25, 0.3) is 0 Å². The van der Waals surface area contributed by atoms with Crippen LogP contribution in [0.1, 0.15) is 19.3 Å². The topological polar surface area (TPSA) is 82.1 Å². The van der Waals surface area contributed by atoms with Crippen molar-refractivity contribution in [3.05, 3.63) is 59.6 Å². The van der Waals surface area contributed by atoms with Gasteiger partial charge in [-0.3, -0.25) is 14.8 Å². The first-order valence-electron chi connectivity index (χ1n) is 11.0. The summed E-state index contributed by atoms with van der Waals surface area (Å²) in [5.41, 5.74) is 2.90. The molecule has 0 radical (unpaired) electrons. The van der Waals surface area contributed by atoms with Gasteiger partial charge in [0, 0.05) is 36.9 Å². The molecule has 4 rings (SSSR count). The summed E-state index contributed by atoms with van der Waals surface area (Å²) in [6, 6.07) is 17.3. The van der Waals surface area contributed by atoms with Crippen LogP contribution in [-0.4, -0.2) is 54.2 Å². The van der Waals surface area contributed by atoms with Gasteiger partial charge in [-0.05, 0) is 49.6 Å². The quantitative estimate of drug-likeness (QED) is 0.531. The molecule has 2 amide bonds. The predicted molar refractivity (Wildman–Crippen MR) is 122 cm³/mol. The van der Waals surface area contributed by atoms with Gasteiger partial charge in [0.05, 0.1) is 17.9 Å². The number of para-hydroxylation sites is 1. The van der Waals surface area contributed by atoms with Crippen LogP contribution in [0.5, 0.6) is 5.75 Å². The first-order chi connectivity index (χ1) is 15.5. The number of benzene rings is 2. The molecule has 2 aromatic rings. The first-order valence-corrected chi connectivity index (χ1v) is 11.4. The number of nitrogens with one attached hydrogen (secondary N) is 1. The second kappa shape index (κ2) is 10.2. The fourth-order valence-electron chi connectivity index (χ4n) is 4.70. The van der Waals surface area contributed by atoms with Gasteiger partial charge in [-0.2, -0.15) is 0 Å². The fourth-order valence-corrected chi connectivity index (χ4v) is 4.88. The van der Waals surface area contributed by atoms with Crippen LogP contribution in [0.25, 0.3) is 0 Å². The summed E-state index contributed by atoms with van der Waals surface area (Å²) < 4.78 is 6.02. The molecule has 3 unspecified atom stereocenters. The van der Waals surface area contributed by atoms with Crippen molar-refractivity contribution in [2.75, 3.05) is 31.1 Å². The number of amides is 2. The third kappa shape index (κ3) is 5.16. The minimum Gasteiger partial charge on any atom is -0.490 e. The molecule has 2 fully saturated rings. The van der Waals surface area contributed by atoms with Crippen molar-refractivity contribution < 1.29 is 19.5 Å². The maximum Gasteiger partial charge on any atom is 0.247 e. The van der Waals surface area contributed by atoms with E-state index in [0.29, 0.717) is 43.1 Å². The molecular formula is C24H28ClN3O4. The molecule has 2 N–H and O–H groups in total. The molecule has 0 spiro atoms. The number of nitrogens with zero attached hydrogens (tertiary/aromatic N) is 2.